The molecular weight excluding hydrogens is 498 g/mol. The number of nitriles is 1. The molecule has 0 atom stereocenters. The molecule has 0 fully saturated rings. The Morgan fingerprint density at radius 2 is 1.89 bits per heavy atom. The Labute approximate surface area is 225 Å². The van der Waals surface area contributed by atoms with Crippen molar-refractivity contribution in [3.8, 4) is 23.1 Å². The Kier molecular flexibility index (Phi) is 7.73. The summed E-state index contributed by atoms with van der Waals surface area (Å²) in [6, 6.07) is 18.7. The zero-order valence-electron chi connectivity index (χ0n) is 21.1. The van der Waals surface area contributed by atoms with E-state index in [-0.39, 0.29) is 5.91 Å². The molecule has 0 saturated carbocycles. The molecule has 1 aliphatic carbocycles. The van der Waals surface area contributed by atoms with Gasteiger partial charge in [0.25, 0.3) is 0 Å². The average molecular weight is 528 g/mol. The Hall–Kier alpha value is -3.41. The highest BCUT2D eigenvalue weighted by Gasteiger charge is 2.21. The van der Waals surface area contributed by atoms with E-state index in [1.54, 1.807) is 11.3 Å². The third-order valence-corrected chi connectivity index (χ3v) is 8.90. The first kappa shape index (κ1) is 25.2. The van der Waals surface area contributed by atoms with Gasteiger partial charge >= 0.3 is 0 Å². The van der Waals surface area contributed by atoms with Crippen molar-refractivity contribution in [1.82, 2.24) is 14.8 Å². The summed E-state index contributed by atoms with van der Waals surface area (Å²) in [6.45, 7) is 4.20. The third-order valence-electron chi connectivity index (χ3n) is 6.76. The lowest BCUT2D eigenvalue weighted by Gasteiger charge is -2.12. The summed E-state index contributed by atoms with van der Waals surface area (Å²) in [6.07, 6.45) is 5.70. The molecule has 2 heterocycles. The molecular formula is C29H29N5OS2. The monoisotopic (exact) mass is 527 g/mol. The Morgan fingerprint density at radius 3 is 2.68 bits per heavy atom. The molecule has 1 amide bonds. The first-order valence-corrected chi connectivity index (χ1v) is 14.4. The fraction of sp³-hybridized carbons (Fsp3) is 0.310. The lowest BCUT2D eigenvalue weighted by atomic mass is 10.1. The summed E-state index contributed by atoms with van der Waals surface area (Å²) in [7, 11) is 0. The predicted molar refractivity (Wildman–Crippen MR) is 151 cm³/mol. The number of hydrogen-bond donors (Lipinski definition) is 1. The van der Waals surface area contributed by atoms with E-state index in [0.717, 1.165) is 53.5 Å². The number of aryl methyl sites for hydroxylation is 3. The fourth-order valence-corrected chi connectivity index (χ4v) is 6.75. The number of amides is 1. The summed E-state index contributed by atoms with van der Waals surface area (Å²) >= 11 is 3.09. The lowest BCUT2D eigenvalue weighted by molar-refractivity contribution is -0.115. The van der Waals surface area contributed by atoms with Gasteiger partial charge < -0.3 is 5.32 Å². The Bertz CT molecular complexity index is 1470. The van der Waals surface area contributed by atoms with Crippen LogP contribution in [-0.2, 0) is 17.6 Å². The number of aromatic nitrogens is 3. The van der Waals surface area contributed by atoms with Gasteiger partial charge in [-0.05, 0) is 68.4 Å². The quantitative estimate of drug-likeness (QED) is 0.209. The molecule has 8 heteroatoms. The van der Waals surface area contributed by atoms with Crippen molar-refractivity contribution in [2.45, 2.75) is 57.5 Å². The van der Waals surface area contributed by atoms with Crippen LogP contribution in [0.3, 0.4) is 0 Å². The second-order valence-corrected chi connectivity index (χ2v) is 11.5. The van der Waals surface area contributed by atoms with Crippen molar-refractivity contribution < 1.29 is 4.79 Å². The largest absolute Gasteiger partial charge is 0.317 e. The van der Waals surface area contributed by atoms with Crippen LogP contribution < -0.4 is 5.32 Å². The van der Waals surface area contributed by atoms with Gasteiger partial charge in [0.1, 0.15) is 11.1 Å². The van der Waals surface area contributed by atoms with E-state index in [0.29, 0.717) is 22.7 Å². The molecule has 0 spiro atoms. The predicted octanol–water partition coefficient (Wildman–Crippen LogP) is 6.87. The van der Waals surface area contributed by atoms with E-state index in [1.807, 2.05) is 30.3 Å². The van der Waals surface area contributed by atoms with Gasteiger partial charge in [0.05, 0.1) is 11.3 Å². The molecule has 1 N–H and O–H groups in total. The van der Waals surface area contributed by atoms with Crippen LogP contribution in [-0.4, -0.2) is 26.4 Å². The summed E-state index contributed by atoms with van der Waals surface area (Å²) in [5, 5.41) is 23.2. The van der Waals surface area contributed by atoms with Gasteiger partial charge in [-0.15, -0.1) is 21.5 Å². The van der Waals surface area contributed by atoms with Crippen molar-refractivity contribution in [1.29, 1.82) is 5.26 Å². The van der Waals surface area contributed by atoms with E-state index in [2.05, 4.69) is 58.2 Å². The number of nitrogens with zero attached hydrogens (tertiary/aromatic N) is 4. The highest BCUT2D eigenvalue weighted by molar-refractivity contribution is 7.99. The second-order valence-electron chi connectivity index (χ2n) is 9.30. The first-order chi connectivity index (χ1) is 18.0. The second kappa shape index (κ2) is 11.3. The number of thioether (sulfide) groups is 1. The van der Waals surface area contributed by atoms with Crippen molar-refractivity contribution in [3.05, 3.63) is 75.7 Å². The molecule has 0 aliphatic heterocycles. The molecule has 0 radical (unpaired) electrons. The number of nitrogens with one attached hydrogen (secondary N) is 1. The summed E-state index contributed by atoms with van der Waals surface area (Å²) in [5.41, 5.74) is 6.21. The van der Waals surface area contributed by atoms with E-state index in [9.17, 15) is 10.1 Å². The van der Waals surface area contributed by atoms with Crippen LogP contribution in [0.4, 0.5) is 5.00 Å². The summed E-state index contributed by atoms with van der Waals surface area (Å²) in [5.74, 6) is 1.24. The molecule has 188 valence electrons. The summed E-state index contributed by atoms with van der Waals surface area (Å²) in [4.78, 5) is 14.1. The number of anilines is 1. The van der Waals surface area contributed by atoms with E-state index in [1.165, 1.54) is 34.2 Å². The standard InChI is InChI=1S/C29H29N5OS2/c1-19-13-14-22(17-20(19)2)34-27(21-9-5-3-6-10-21)32-33-29(34)36-16-15-26(35)31-28-24(18-30)23-11-7-4-8-12-25(23)37-28/h3,5-6,9-10,13-14,17H,4,7-8,11-12,15-16H2,1-2H3,(H,31,35). The normalized spacial score (nSPS) is 13.0. The van der Waals surface area contributed by atoms with Crippen molar-refractivity contribution in [2.24, 2.45) is 0 Å². The molecule has 0 saturated heterocycles. The highest BCUT2D eigenvalue weighted by atomic mass is 32.2. The van der Waals surface area contributed by atoms with Gasteiger partial charge in [0.2, 0.25) is 5.91 Å². The molecule has 5 rings (SSSR count). The van der Waals surface area contributed by atoms with Gasteiger partial charge in [0, 0.05) is 22.6 Å². The molecule has 0 unspecified atom stereocenters. The SMILES string of the molecule is Cc1ccc(-n2c(SCCC(=O)Nc3sc4c(c3C#N)CCCCC4)nnc2-c2ccccc2)cc1C. The smallest absolute Gasteiger partial charge is 0.225 e. The number of benzene rings is 2. The number of fused-ring (bicyclic) bond motifs is 1. The Morgan fingerprint density at radius 1 is 1.08 bits per heavy atom. The minimum atomic E-state index is -0.0825. The van der Waals surface area contributed by atoms with Gasteiger partial charge in [0.15, 0.2) is 11.0 Å². The highest BCUT2D eigenvalue weighted by Crippen LogP contribution is 2.37. The third kappa shape index (κ3) is 5.48. The molecule has 0 bridgehead atoms. The Balaban J connectivity index is 1.32. The number of carbonyl (C=O) groups is 1. The van der Waals surface area contributed by atoms with Gasteiger partial charge in [-0.2, -0.15) is 5.26 Å². The van der Waals surface area contributed by atoms with Gasteiger partial charge in [-0.1, -0.05) is 54.6 Å². The van der Waals surface area contributed by atoms with Crippen molar-refractivity contribution in [3.63, 3.8) is 0 Å². The van der Waals surface area contributed by atoms with Crippen molar-refractivity contribution >= 4 is 34.0 Å². The van der Waals surface area contributed by atoms with Crippen LogP contribution in [0.25, 0.3) is 17.1 Å². The molecule has 2 aromatic carbocycles. The maximum Gasteiger partial charge on any atom is 0.225 e. The molecule has 4 aromatic rings. The van der Waals surface area contributed by atoms with Crippen LogP contribution in [0.2, 0.25) is 0 Å². The minimum Gasteiger partial charge on any atom is -0.317 e. The number of rotatable bonds is 7. The van der Waals surface area contributed by atoms with E-state index >= 15 is 0 Å². The number of hydrogen-bond acceptors (Lipinski definition) is 6. The van der Waals surface area contributed by atoms with Crippen molar-refractivity contribution in [2.75, 3.05) is 11.1 Å². The first-order valence-electron chi connectivity index (χ1n) is 12.6. The van der Waals surface area contributed by atoms with Crippen LogP contribution >= 0.6 is 23.1 Å². The minimum absolute atomic E-state index is 0.0825. The van der Waals surface area contributed by atoms with Gasteiger partial charge in [-0.3, -0.25) is 9.36 Å². The maximum absolute atomic E-state index is 12.8. The van der Waals surface area contributed by atoms with E-state index in [4.69, 9.17) is 0 Å². The molecule has 6 nitrogen and oxygen atoms in total. The molecule has 37 heavy (non-hydrogen) atoms. The lowest BCUT2D eigenvalue weighted by Crippen LogP contribution is -2.12. The molecule has 2 aromatic heterocycles. The van der Waals surface area contributed by atoms with E-state index < -0.39 is 0 Å². The van der Waals surface area contributed by atoms with Crippen LogP contribution in [0.1, 0.15) is 52.8 Å². The maximum atomic E-state index is 12.8. The fourth-order valence-electron chi connectivity index (χ4n) is 4.61. The zero-order chi connectivity index (χ0) is 25.8. The number of thiophene rings is 1. The van der Waals surface area contributed by atoms with Crippen LogP contribution in [0, 0.1) is 25.2 Å². The topological polar surface area (TPSA) is 83.6 Å². The average Bonchev–Trinajstić information content (AvgIpc) is 3.38. The zero-order valence-corrected chi connectivity index (χ0v) is 22.7. The van der Waals surface area contributed by atoms with Crippen LogP contribution in [0.5, 0.6) is 0 Å². The molecule has 1 aliphatic rings. The number of carbonyl (C=O) groups excluding carboxylic acids is 1. The van der Waals surface area contributed by atoms with Gasteiger partial charge in [-0.25, -0.2) is 0 Å². The summed E-state index contributed by atoms with van der Waals surface area (Å²) < 4.78 is 2.06. The van der Waals surface area contributed by atoms with Crippen LogP contribution in [0.15, 0.2) is 53.7 Å².